The Labute approximate surface area is 194 Å². The van der Waals surface area contributed by atoms with Gasteiger partial charge < -0.3 is 19.9 Å². The Morgan fingerprint density at radius 2 is 1.53 bits per heavy atom. The van der Waals surface area contributed by atoms with Crippen LogP contribution in [-0.2, 0) is 4.74 Å². The minimum absolute atomic E-state index is 0.200. The molecule has 184 valence electrons. The van der Waals surface area contributed by atoms with Gasteiger partial charge in [0.2, 0.25) is 0 Å². The maximum Gasteiger partial charge on any atom is 0.329 e. The molecule has 1 unspecified atom stereocenters. The van der Waals surface area contributed by atoms with Gasteiger partial charge in [-0.1, -0.05) is 71.1 Å². The van der Waals surface area contributed by atoms with Gasteiger partial charge in [0.1, 0.15) is 18.1 Å². The predicted octanol–water partition coefficient (Wildman–Crippen LogP) is 5.29. The van der Waals surface area contributed by atoms with E-state index < -0.39 is 0 Å². The Bertz CT molecular complexity index is 569. The number of unbranched alkanes of at least 4 members (excludes halogenated alkanes) is 9. The third-order valence-electron chi connectivity index (χ3n) is 5.29. The van der Waals surface area contributed by atoms with Gasteiger partial charge in [-0.2, -0.15) is 0 Å². The number of urea groups is 1. The van der Waals surface area contributed by atoms with Crippen LogP contribution in [0, 0.1) is 0 Å². The first-order valence-corrected chi connectivity index (χ1v) is 12.4. The lowest BCUT2D eigenvalue weighted by atomic mass is 10.0. The van der Waals surface area contributed by atoms with Crippen molar-refractivity contribution in [3.63, 3.8) is 0 Å². The van der Waals surface area contributed by atoms with Gasteiger partial charge in [0.25, 0.3) is 0 Å². The van der Waals surface area contributed by atoms with Gasteiger partial charge in [-0.25, -0.2) is 10.2 Å². The SMILES string of the molecule is CCCCCCCCCCCCC(C)OCCNC(=O)NNCCOc1ccc(O)cc1. The van der Waals surface area contributed by atoms with Gasteiger partial charge in [-0.15, -0.1) is 0 Å². The number of carbonyl (C=O) groups is 1. The molecule has 0 spiro atoms. The number of nitrogens with one attached hydrogen (secondary N) is 3. The topological polar surface area (TPSA) is 91.9 Å². The summed E-state index contributed by atoms with van der Waals surface area (Å²) in [7, 11) is 0. The van der Waals surface area contributed by atoms with Crippen molar-refractivity contribution in [2.75, 3.05) is 26.3 Å². The Morgan fingerprint density at radius 3 is 2.19 bits per heavy atom. The number of hydrogen-bond acceptors (Lipinski definition) is 5. The maximum atomic E-state index is 11.7. The molecule has 0 aliphatic heterocycles. The highest BCUT2D eigenvalue weighted by Gasteiger charge is 2.03. The molecule has 0 saturated heterocycles. The second-order valence-corrected chi connectivity index (χ2v) is 8.30. The second-order valence-electron chi connectivity index (χ2n) is 8.30. The highest BCUT2D eigenvalue weighted by atomic mass is 16.5. The van der Waals surface area contributed by atoms with E-state index in [1.165, 1.54) is 64.2 Å². The molecule has 0 fully saturated rings. The first-order valence-electron chi connectivity index (χ1n) is 12.4. The number of phenols is 1. The van der Waals surface area contributed by atoms with Crippen LogP contribution in [0.25, 0.3) is 0 Å². The summed E-state index contributed by atoms with van der Waals surface area (Å²) in [5.74, 6) is 0.865. The molecule has 0 saturated carbocycles. The molecular formula is C25H45N3O4. The number of hydrazine groups is 1. The van der Waals surface area contributed by atoms with E-state index >= 15 is 0 Å². The number of rotatable bonds is 20. The van der Waals surface area contributed by atoms with Crippen LogP contribution in [0.1, 0.15) is 84.5 Å². The van der Waals surface area contributed by atoms with E-state index in [4.69, 9.17) is 9.47 Å². The van der Waals surface area contributed by atoms with Crippen LogP contribution in [0.4, 0.5) is 4.79 Å². The molecule has 4 N–H and O–H groups in total. The van der Waals surface area contributed by atoms with Crippen LogP contribution in [-0.4, -0.2) is 43.5 Å². The monoisotopic (exact) mass is 451 g/mol. The first kappa shape index (κ1) is 28.0. The van der Waals surface area contributed by atoms with Gasteiger partial charge in [-0.3, -0.25) is 5.43 Å². The molecule has 0 radical (unpaired) electrons. The van der Waals surface area contributed by atoms with Gasteiger partial charge in [0.15, 0.2) is 0 Å². The molecule has 1 rings (SSSR count). The molecule has 0 heterocycles. The Kier molecular flexibility index (Phi) is 17.2. The molecule has 0 aromatic heterocycles. The summed E-state index contributed by atoms with van der Waals surface area (Å²) in [6, 6.07) is 6.21. The van der Waals surface area contributed by atoms with E-state index in [1.807, 2.05) is 0 Å². The molecule has 0 aliphatic carbocycles. The summed E-state index contributed by atoms with van der Waals surface area (Å²) < 4.78 is 11.3. The number of ether oxygens (including phenoxy) is 2. The lowest BCUT2D eigenvalue weighted by Crippen LogP contribution is -2.46. The summed E-state index contributed by atoms with van der Waals surface area (Å²) in [6.45, 7) is 6.20. The molecule has 7 nitrogen and oxygen atoms in total. The molecule has 1 aromatic rings. The maximum absolute atomic E-state index is 11.7. The van der Waals surface area contributed by atoms with Crippen molar-refractivity contribution in [3.8, 4) is 11.5 Å². The lowest BCUT2D eigenvalue weighted by Gasteiger charge is -2.14. The van der Waals surface area contributed by atoms with Gasteiger partial charge in [-0.05, 0) is 37.6 Å². The third-order valence-corrected chi connectivity index (χ3v) is 5.29. The predicted molar refractivity (Wildman–Crippen MR) is 130 cm³/mol. The summed E-state index contributed by atoms with van der Waals surface area (Å²) in [5, 5.41) is 12.0. The van der Waals surface area contributed by atoms with Gasteiger partial charge in [0, 0.05) is 13.1 Å². The normalized spacial score (nSPS) is 11.8. The standard InChI is InChI=1S/C25H45N3O4/c1-3-4-5-6-7-8-9-10-11-12-13-22(2)31-20-18-26-25(30)28-27-19-21-32-24-16-14-23(29)15-17-24/h14-17,22,27,29H,3-13,18-21H2,1-2H3,(H2,26,28,30). The summed E-state index contributed by atoms with van der Waals surface area (Å²) >= 11 is 0. The lowest BCUT2D eigenvalue weighted by molar-refractivity contribution is 0.0612. The van der Waals surface area contributed by atoms with E-state index in [0.717, 1.165) is 6.42 Å². The van der Waals surface area contributed by atoms with Crippen molar-refractivity contribution in [2.45, 2.75) is 90.6 Å². The van der Waals surface area contributed by atoms with Crippen LogP contribution >= 0.6 is 0 Å². The quantitative estimate of drug-likeness (QED) is 0.160. The number of phenolic OH excluding ortho intramolecular Hbond substituents is 1. The Morgan fingerprint density at radius 1 is 0.906 bits per heavy atom. The minimum Gasteiger partial charge on any atom is -0.508 e. The average molecular weight is 452 g/mol. The number of benzene rings is 1. The molecule has 2 amide bonds. The first-order chi connectivity index (χ1) is 15.6. The third kappa shape index (κ3) is 16.7. The fourth-order valence-corrected chi connectivity index (χ4v) is 3.38. The van der Waals surface area contributed by atoms with Crippen LogP contribution in [0.3, 0.4) is 0 Å². The van der Waals surface area contributed by atoms with Crippen LogP contribution < -0.4 is 20.9 Å². The van der Waals surface area contributed by atoms with Crippen LogP contribution in [0.15, 0.2) is 24.3 Å². The summed E-state index contributed by atoms with van der Waals surface area (Å²) in [4.78, 5) is 11.7. The van der Waals surface area contributed by atoms with Crippen molar-refractivity contribution in [1.29, 1.82) is 0 Å². The largest absolute Gasteiger partial charge is 0.508 e. The fraction of sp³-hybridized carbons (Fsp3) is 0.720. The molecule has 1 atom stereocenters. The summed E-state index contributed by atoms with van der Waals surface area (Å²) in [5.41, 5.74) is 5.36. The smallest absolute Gasteiger partial charge is 0.329 e. The van der Waals surface area contributed by atoms with E-state index in [1.54, 1.807) is 24.3 Å². The van der Waals surface area contributed by atoms with Crippen LogP contribution in [0.5, 0.6) is 11.5 Å². The summed E-state index contributed by atoms with van der Waals surface area (Å²) in [6.07, 6.45) is 14.8. The number of carbonyl (C=O) groups excluding carboxylic acids is 1. The fourth-order valence-electron chi connectivity index (χ4n) is 3.38. The zero-order valence-corrected chi connectivity index (χ0v) is 20.2. The number of aromatic hydroxyl groups is 1. The van der Waals surface area contributed by atoms with Crippen LogP contribution in [0.2, 0.25) is 0 Å². The number of amides is 2. The van der Waals surface area contributed by atoms with Gasteiger partial charge >= 0.3 is 6.03 Å². The minimum atomic E-state index is -0.291. The molecule has 7 heteroatoms. The van der Waals surface area contributed by atoms with Crippen molar-refractivity contribution in [1.82, 2.24) is 16.2 Å². The molecule has 32 heavy (non-hydrogen) atoms. The molecule has 0 aliphatic rings. The van der Waals surface area contributed by atoms with E-state index in [-0.39, 0.29) is 17.9 Å². The second kappa shape index (κ2) is 19.7. The molecular weight excluding hydrogens is 406 g/mol. The Hall–Kier alpha value is -1.99. The number of hydrogen-bond donors (Lipinski definition) is 4. The molecule has 0 bridgehead atoms. The van der Waals surface area contributed by atoms with E-state index in [0.29, 0.717) is 32.1 Å². The van der Waals surface area contributed by atoms with E-state index in [2.05, 4.69) is 30.0 Å². The molecule has 1 aromatic carbocycles. The zero-order valence-electron chi connectivity index (χ0n) is 20.2. The Balaban J connectivity index is 1.84. The van der Waals surface area contributed by atoms with Crippen molar-refractivity contribution in [3.05, 3.63) is 24.3 Å². The average Bonchev–Trinajstić information content (AvgIpc) is 2.79. The van der Waals surface area contributed by atoms with Crippen molar-refractivity contribution < 1.29 is 19.4 Å². The van der Waals surface area contributed by atoms with Crippen molar-refractivity contribution >= 4 is 6.03 Å². The van der Waals surface area contributed by atoms with Crippen molar-refractivity contribution in [2.24, 2.45) is 0 Å². The highest BCUT2D eigenvalue weighted by molar-refractivity contribution is 5.73. The zero-order chi connectivity index (χ0) is 23.3. The van der Waals surface area contributed by atoms with E-state index in [9.17, 15) is 9.90 Å². The van der Waals surface area contributed by atoms with Gasteiger partial charge in [0.05, 0.1) is 12.7 Å². The highest BCUT2D eigenvalue weighted by Crippen LogP contribution is 2.15.